The van der Waals surface area contributed by atoms with Crippen molar-refractivity contribution in [3.05, 3.63) is 54.1 Å². The number of anilines is 2. The van der Waals surface area contributed by atoms with E-state index in [1.165, 1.54) is 12.1 Å². The molecule has 0 aliphatic heterocycles. The molecule has 110 valence electrons. The van der Waals surface area contributed by atoms with E-state index < -0.39 is 11.6 Å². The zero-order valence-electron chi connectivity index (χ0n) is 11.1. The molecule has 0 aliphatic rings. The van der Waals surface area contributed by atoms with Crippen LogP contribution in [-0.2, 0) is 4.79 Å². The average molecular weight is 292 g/mol. The Morgan fingerprint density at radius 1 is 1.14 bits per heavy atom. The van der Waals surface area contributed by atoms with E-state index >= 15 is 0 Å². The number of carbonyl (C=O) groups is 1. The maximum Gasteiger partial charge on any atom is 0.227 e. The molecule has 2 rings (SSSR count). The minimum Gasteiger partial charge on any atom is -0.490 e. The highest BCUT2D eigenvalue weighted by atomic mass is 19.2. The van der Waals surface area contributed by atoms with Crippen molar-refractivity contribution >= 4 is 17.3 Å². The summed E-state index contributed by atoms with van der Waals surface area (Å²) in [5.41, 5.74) is 6.73. The van der Waals surface area contributed by atoms with Crippen LogP contribution in [0.15, 0.2) is 42.5 Å². The number of amides is 1. The Morgan fingerprint density at radius 2 is 1.86 bits per heavy atom. The van der Waals surface area contributed by atoms with Crippen molar-refractivity contribution in [2.75, 3.05) is 17.7 Å². The van der Waals surface area contributed by atoms with Gasteiger partial charge in [-0.3, -0.25) is 4.79 Å². The van der Waals surface area contributed by atoms with E-state index in [2.05, 4.69) is 5.32 Å². The van der Waals surface area contributed by atoms with E-state index in [1.54, 1.807) is 24.3 Å². The fourth-order valence-electron chi connectivity index (χ4n) is 1.64. The van der Waals surface area contributed by atoms with Gasteiger partial charge in [0.25, 0.3) is 0 Å². The molecule has 1 amide bonds. The number of ether oxygens (including phenoxy) is 1. The number of benzene rings is 2. The lowest BCUT2D eigenvalue weighted by molar-refractivity contribution is -0.116. The van der Waals surface area contributed by atoms with Crippen molar-refractivity contribution in [2.45, 2.75) is 6.42 Å². The Morgan fingerprint density at radius 3 is 2.57 bits per heavy atom. The van der Waals surface area contributed by atoms with Gasteiger partial charge in [0, 0.05) is 11.4 Å². The van der Waals surface area contributed by atoms with Gasteiger partial charge in [0.05, 0.1) is 13.0 Å². The molecule has 0 saturated heterocycles. The Hall–Kier alpha value is -2.63. The summed E-state index contributed by atoms with van der Waals surface area (Å²) in [6, 6.07) is 10.3. The summed E-state index contributed by atoms with van der Waals surface area (Å²) in [4.78, 5) is 11.6. The topological polar surface area (TPSA) is 64.3 Å². The van der Waals surface area contributed by atoms with Gasteiger partial charge < -0.3 is 15.8 Å². The van der Waals surface area contributed by atoms with Gasteiger partial charge in [0.2, 0.25) is 11.7 Å². The second-order valence-corrected chi connectivity index (χ2v) is 4.32. The number of nitrogen functional groups attached to an aromatic ring is 1. The third-order valence-electron chi connectivity index (χ3n) is 2.70. The van der Waals surface area contributed by atoms with Gasteiger partial charge in [0.1, 0.15) is 0 Å². The predicted molar refractivity (Wildman–Crippen MR) is 76.0 cm³/mol. The largest absolute Gasteiger partial charge is 0.490 e. The first-order valence-corrected chi connectivity index (χ1v) is 6.28. The maximum absolute atomic E-state index is 13.3. The van der Waals surface area contributed by atoms with Gasteiger partial charge >= 0.3 is 0 Å². The van der Waals surface area contributed by atoms with E-state index in [-0.39, 0.29) is 24.7 Å². The summed E-state index contributed by atoms with van der Waals surface area (Å²) in [6.07, 6.45) is 0.0142. The molecule has 0 fully saturated rings. The predicted octanol–water partition coefficient (Wildman–Crippen LogP) is 2.95. The molecule has 0 heterocycles. The van der Waals surface area contributed by atoms with Crippen LogP contribution in [-0.4, -0.2) is 12.5 Å². The Labute approximate surface area is 120 Å². The number of hydrogen-bond donors (Lipinski definition) is 2. The molecule has 0 atom stereocenters. The van der Waals surface area contributed by atoms with E-state index in [4.69, 9.17) is 10.5 Å². The van der Waals surface area contributed by atoms with Crippen LogP contribution in [0.3, 0.4) is 0 Å². The fraction of sp³-hybridized carbons (Fsp3) is 0.133. The summed E-state index contributed by atoms with van der Waals surface area (Å²) in [7, 11) is 0. The van der Waals surface area contributed by atoms with Crippen LogP contribution in [0, 0.1) is 11.6 Å². The molecule has 2 aromatic rings. The number of rotatable bonds is 5. The fourth-order valence-corrected chi connectivity index (χ4v) is 1.64. The molecule has 0 radical (unpaired) electrons. The Balaban J connectivity index is 1.81. The van der Waals surface area contributed by atoms with Crippen LogP contribution in [0.1, 0.15) is 6.42 Å². The lowest BCUT2D eigenvalue weighted by atomic mass is 10.3. The second kappa shape index (κ2) is 6.69. The Bertz CT molecular complexity index is 630. The van der Waals surface area contributed by atoms with Crippen LogP contribution >= 0.6 is 0 Å². The molecule has 2 aromatic carbocycles. The summed E-state index contributed by atoms with van der Waals surface area (Å²) >= 11 is 0. The minimum atomic E-state index is -1.06. The lowest BCUT2D eigenvalue weighted by Crippen LogP contribution is -2.15. The normalized spacial score (nSPS) is 10.2. The van der Waals surface area contributed by atoms with Crippen molar-refractivity contribution in [2.24, 2.45) is 0 Å². The summed E-state index contributed by atoms with van der Waals surface area (Å²) in [5.74, 6) is -2.55. The highest BCUT2D eigenvalue weighted by molar-refractivity contribution is 5.90. The van der Waals surface area contributed by atoms with Crippen LogP contribution in [0.25, 0.3) is 0 Å². The quantitative estimate of drug-likeness (QED) is 0.833. The number of halogens is 2. The highest BCUT2D eigenvalue weighted by Crippen LogP contribution is 2.19. The first kappa shape index (κ1) is 14.8. The second-order valence-electron chi connectivity index (χ2n) is 4.32. The first-order valence-electron chi connectivity index (χ1n) is 6.28. The number of nitrogens with two attached hydrogens (primary N) is 1. The lowest BCUT2D eigenvalue weighted by Gasteiger charge is -2.08. The van der Waals surface area contributed by atoms with Crippen LogP contribution < -0.4 is 15.8 Å². The van der Waals surface area contributed by atoms with Crippen molar-refractivity contribution in [3.63, 3.8) is 0 Å². The van der Waals surface area contributed by atoms with E-state index in [0.717, 1.165) is 6.07 Å². The molecule has 6 heteroatoms. The van der Waals surface area contributed by atoms with Crippen LogP contribution in [0.5, 0.6) is 5.75 Å². The standard InChI is InChI=1S/C15H14F2N2O2/c16-12-2-1-3-13(15(12)17)21-9-8-14(20)19-11-6-4-10(18)5-7-11/h1-7H,8-9,18H2,(H,19,20). The number of carbonyl (C=O) groups excluding carboxylic acids is 1. The smallest absolute Gasteiger partial charge is 0.227 e. The summed E-state index contributed by atoms with van der Waals surface area (Å²) in [6.45, 7) is -0.0544. The zero-order chi connectivity index (χ0) is 15.2. The van der Waals surface area contributed by atoms with E-state index in [0.29, 0.717) is 11.4 Å². The van der Waals surface area contributed by atoms with E-state index in [9.17, 15) is 13.6 Å². The van der Waals surface area contributed by atoms with Gasteiger partial charge in [-0.2, -0.15) is 4.39 Å². The molecule has 0 aliphatic carbocycles. The zero-order valence-corrected chi connectivity index (χ0v) is 11.1. The summed E-state index contributed by atoms with van der Waals surface area (Å²) < 4.78 is 31.3. The van der Waals surface area contributed by atoms with E-state index in [1.807, 2.05) is 0 Å². The van der Waals surface area contributed by atoms with Crippen molar-refractivity contribution < 1.29 is 18.3 Å². The van der Waals surface area contributed by atoms with Gasteiger partial charge in [-0.1, -0.05) is 6.07 Å². The molecule has 0 spiro atoms. The molecule has 0 saturated carbocycles. The van der Waals surface area contributed by atoms with Gasteiger partial charge in [-0.25, -0.2) is 4.39 Å². The van der Waals surface area contributed by atoms with Crippen LogP contribution in [0.4, 0.5) is 20.2 Å². The van der Waals surface area contributed by atoms with Gasteiger partial charge in [-0.05, 0) is 36.4 Å². The number of nitrogens with one attached hydrogen (secondary N) is 1. The Kier molecular flexibility index (Phi) is 4.71. The van der Waals surface area contributed by atoms with Crippen molar-refractivity contribution in [1.82, 2.24) is 0 Å². The summed E-state index contributed by atoms with van der Waals surface area (Å²) in [5, 5.41) is 2.64. The monoisotopic (exact) mass is 292 g/mol. The first-order chi connectivity index (χ1) is 10.1. The molecule has 0 unspecified atom stereocenters. The minimum absolute atomic E-state index is 0.0142. The third-order valence-corrected chi connectivity index (χ3v) is 2.70. The third kappa shape index (κ3) is 4.17. The molecular weight excluding hydrogens is 278 g/mol. The SMILES string of the molecule is Nc1ccc(NC(=O)CCOc2cccc(F)c2F)cc1. The molecule has 21 heavy (non-hydrogen) atoms. The molecule has 0 bridgehead atoms. The maximum atomic E-state index is 13.3. The molecular formula is C15H14F2N2O2. The van der Waals surface area contributed by atoms with Gasteiger partial charge in [-0.15, -0.1) is 0 Å². The molecule has 4 nitrogen and oxygen atoms in total. The number of hydrogen-bond acceptors (Lipinski definition) is 3. The molecule has 3 N–H and O–H groups in total. The van der Waals surface area contributed by atoms with Crippen molar-refractivity contribution in [1.29, 1.82) is 0 Å². The van der Waals surface area contributed by atoms with Crippen molar-refractivity contribution in [3.8, 4) is 5.75 Å². The van der Waals surface area contributed by atoms with Gasteiger partial charge in [0.15, 0.2) is 11.6 Å². The molecule has 0 aromatic heterocycles. The average Bonchev–Trinajstić information content (AvgIpc) is 2.46. The van der Waals surface area contributed by atoms with Crippen LogP contribution in [0.2, 0.25) is 0 Å². The highest BCUT2D eigenvalue weighted by Gasteiger charge is 2.09.